The second-order valence-electron chi connectivity index (χ2n) is 5.10. The Bertz CT molecular complexity index is 708. The third-order valence-corrected chi connectivity index (χ3v) is 4.98. The van der Waals surface area contributed by atoms with Crippen LogP contribution in [0.2, 0.25) is 5.02 Å². The third kappa shape index (κ3) is 6.34. The molecule has 0 unspecified atom stereocenters. The maximum Gasteiger partial charge on any atom is 0.317 e. The van der Waals surface area contributed by atoms with E-state index in [0.717, 1.165) is 0 Å². The number of benzene rings is 1. The van der Waals surface area contributed by atoms with Gasteiger partial charge in [0.1, 0.15) is 0 Å². The lowest BCUT2D eigenvalue weighted by Gasteiger charge is -2.17. The summed E-state index contributed by atoms with van der Waals surface area (Å²) in [5.74, 6) is -0.999. The predicted octanol–water partition coefficient (Wildman–Crippen LogP) is 1.04. The number of carbonyl (C=O) groups is 2. The summed E-state index contributed by atoms with van der Waals surface area (Å²) in [6, 6.07) is 3.98. The minimum atomic E-state index is -3.70. The number of carbonyl (C=O) groups excluding carboxylic acids is 1. The van der Waals surface area contributed by atoms with E-state index in [4.69, 9.17) is 16.7 Å². The minimum Gasteiger partial charge on any atom is -0.481 e. The highest BCUT2D eigenvalue weighted by atomic mass is 35.5. The molecule has 0 heterocycles. The SMILES string of the molecule is Cc1cc(Cl)ccc1S(=O)(=O)NCCNC(=O)N(C)CCC(=O)O. The highest BCUT2D eigenvalue weighted by Gasteiger charge is 2.16. The molecule has 0 aliphatic carbocycles. The van der Waals surface area contributed by atoms with Crippen molar-refractivity contribution in [1.29, 1.82) is 0 Å². The van der Waals surface area contributed by atoms with Gasteiger partial charge in [0.2, 0.25) is 10.0 Å². The molecule has 0 bridgehead atoms. The van der Waals surface area contributed by atoms with E-state index in [1.54, 1.807) is 13.0 Å². The Kier molecular flexibility index (Phi) is 7.46. The Hall–Kier alpha value is -1.84. The number of rotatable bonds is 8. The van der Waals surface area contributed by atoms with Gasteiger partial charge < -0.3 is 15.3 Å². The van der Waals surface area contributed by atoms with Crippen LogP contribution in [0.15, 0.2) is 23.1 Å². The molecule has 0 aliphatic rings. The molecule has 0 aromatic heterocycles. The van der Waals surface area contributed by atoms with Crippen LogP contribution >= 0.6 is 11.6 Å². The molecular formula is C14H20ClN3O5S. The topological polar surface area (TPSA) is 116 Å². The smallest absolute Gasteiger partial charge is 0.317 e. The van der Waals surface area contributed by atoms with Crippen molar-refractivity contribution in [2.24, 2.45) is 0 Å². The van der Waals surface area contributed by atoms with Crippen molar-refractivity contribution in [3.8, 4) is 0 Å². The summed E-state index contributed by atoms with van der Waals surface area (Å²) in [6.07, 6.45) is -0.160. The molecule has 1 aromatic carbocycles. The number of nitrogens with zero attached hydrogens (tertiary/aromatic N) is 1. The summed E-state index contributed by atoms with van der Waals surface area (Å²) in [5.41, 5.74) is 0.521. The van der Waals surface area contributed by atoms with Crippen LogP contribution in [-0.2, 0) is 14.8 Å². The summed E-state index contributed by atoms with van der Waals surface area (Å²) in [5, 5.41) is 11.5. The Morgan fingerprint density at radius 3 is 2.54 bits per heavy atom. The van der Waals surface area contributed by atoms with Gasteiger partial charge in [-0.15, -0.1) is 0 Å². The average molecular weight is 378 g/mol. The molecule has 8 nitrogen and oxygen atoms in total. The van der Waals surface area contributed by atoms with Gasteiger partial charge in [-0.1, -0.05) is 11.6 Å². The number of aryl methyl sites for hydroxylation is 1. The predicted molar refractivity (Wildman–Crippen MR) is 89.7 cm³/mol. The van der Waals surface area contributed by atoms with Crippen molar-refractivity contribution in [2.75, 3.05) is 26.7 Å². The lowest BCUT2D eigenvalue weighted by Crippen LogP contribution is -2.42. The van der Waals surface area contributed by atoms with Crippen molar-refractivity contribution >= 4 is 33.6 Å². The van der Waals surface area contributed by atoms with E-state index >= 15 is 0 Å². The van der Waals surface area contributed by atoms with Crippen LogP contribution in [0.1, 0.15) is 12.0 Å². The number of nitrogens with one attached hydrogen (secondary N) is 2. The van der Waals surface area contributed by atoms with E-state index in [1.807, 2.05) is 0 Å². The number of carboxylic acid groups (broad SMARTS) is 1. The lowest BCUT2D eigenvalue weighted by molar-refractivity contribution is -0.137. The monoisotopic (exact) mass is 377 g/mol. The van der Waals surface area contributed by atoms with Gasteiger partial charge in [-0.25, -0.2) is 17.9 Å². The van der Waals surface area contributed by atoms with E-state index in [-0.39, 0.29) is 31.0 Å². The molecule has 0 fully saturated rings. The van der Waals surface area contributed by atoms with Gasteiger partial charge in [0, 0.05) is 31.7 Å². The third-order valence-electron chi connectivity index (χ3n) is 3.13. The zero-order chi connectivity index (χ0) is 18.3. The fraction of sp³-hybridized carbons (Fsp3) is 0.429. The molecule has 134 valence electrons. The van der Waals surface area contributed by atoms with E-state index in [2.05, 4.69) is 10.0 Å². The second-order valence-corrected chi connectivity index (χ2v) is 7.28. The first kappa shape index (κ1) is 20.2. The molecule has 24 heavy (non-hydrogen) atoms. The van der Waals surface area contributed by atoms with Crippen molar-refractivity contribution in [1.82, 2.24) is 14.9 Å². The number of carboxylic acids is 1. The molecule has 0 radical (unpaired) electrons. The second kappa shape index (κ2) is 8.86. The Morgan fingerprint density at radius 2 is 1.96 bits per heavy atom. The number of hydrogen-bond donors (Lipinski definition) is 3. The largest absolute Gasteiger partial charge is 0.481 e. The first-order valence-electron chi connectivity index (χ1n) is 7.10. The van der Waals surface area contributed by atoms with E-state index in [1.165, 1.54) is 24.1 Å². The van der Waals surface area contributed by atoms with E-state index < -0.39 is 22.0 Å². The molecule has 3 N–H and O–H groups in total. The highest BCUT2D eigenvalue weighted by molar-refractivity contribution is 7.89. The van der Waals surface area contributed by atoms with Gasteiger partial charge in [0.15, 0.2) is 0 Å². The van der Waals surface area contributed by atoms with Crippen LogP contribution in [0.25, 0.3) is 0 Å². The Labute approximate surface area is 145 Å². The first-order valence-corrected chi connectivity index (χ1v) is 8.96. The molecule has 0 saturated carbocycles. The number of urea groups is 1. The molecule has 0 aliphatic heterocycles. The van der Waals surface area contributed by atoms with Gasteiger partial charge in [0.05, 0.1) is 11.3 Å². The van der Waals surface area contributed by atoms with Crippen LogP contribution in [0.5, 0.6) is 0 Å². The standard InChI is InChI=1S/C14H20ClN3O5S/c1-10-9-11(15)3-4-12(10)24(22,23)17-7-6-16-14(21)18(2)8-5-13(19)20/h3-4,9,17H,5-8H2,1-2H3,(H,16,21)(H,19,20). The van der Waals surface area contributed by atoms with Crippen molar-refractivity contribution in [3.05, 3.63) is 28.8 Å². The molecule has 0 saturated heterocycles. The van der Waals surface area contributed by atoms with Crippen LogP contribution < -0.4 is 10.0 Å². The van der Waals surface area contributed by atoms with Crippen molar-refractivity contribution in [2.45, 2.75) is 18.2 Å². The van der Waals surface area contributed by atoms with E-state index in [0.29, 0.717) is 10.6 Å². The quantitative estimate of drug-likeness (QED) is 0.585. The summed E-state index contributed by atoms with van der Waals surface area (Å²) in [7, 11) is -2.24. The summed E-state index contributed by atoms with van der Waals surface area (Å²) in [4.78, 5) is 23.4. The fourth-order valence-electron chi connectivity index (χ4n) is 1.85. The Balaban J connectivity index is 2.46. The molecule has 2 amide bonds. The fourth-order valence-corrected chi connectivity index (χ4v) is 3.33. The normalized spacial score (nSPS) is 11.1. The molecule has 1 aromatic rings. The van der Waals surface area contributed by atoms with Gasteiger partial charge in [0.25, 0.3) is 0 Å². The van der Waals surface area contributed by atoms with Crippen LogP contribution in [-0.4, -0.2) is 57.1 Å². The van der Waals surface area contributed by atoms with Gasteiger partial charge in [-0.05, 0) is 30.7 Å². The summed E-state index contributed by atoms with van der Waals surface area (Å²) >= 11 is 5.80. The molecular weight excluding hydrogens is 358 g/mol. The summed E-state index contributed by atoms with van der Waals surface area (Å²) < 4.78 is 26.7. The molecule has 0 atom stereocenters. The Morgan fingerprint density at radius 1 is 1.29 bits per heavy atom. The highest BCUT2D eigenvalue weighted by Crippen LogP contribution is 2.19. The van der Waals surface area contributed by atoms with E-state index in [9.17, 15) is 18.0 Å². The zero-order valence-corrected chi connectivity index (χ0v) is 14.9. The molecule has 1 rings (SSSR count). The van der Waals surface area contributed by atoms with Crippen molar-refractivity contribution in [3.63, 3.8) is 0 Å². The van der Waals surface area contributed by atoms with Gasteiger partial charge >= 0.3 is 12.0 Å². The maximum atomic E-state index is 12.2. The maximum absolute atomic E-state index is 12.2. The van der Waals surface area contributed by atoms with Crippen LogP contribution in [0.4, 0.5) is 4.79 Å². The van der Waals surface area contributed by atoms with Crippen molar-refractivity contribution < 1.29 is 23.1 Å². The minimum absolute atomic E-state index is 0.00289. The first-order chi connectivity index (χ1) is 11.1. The zero-order valence-electron chi connectivity index (χ0n) is 13.4. The number of amides is 2. The van der Waals surface area contributed by atoms with Crippen LogP contribution in [0.3, 0.4) is 0 Å². The number of hydrogen-bond acceptors (Lipinski definition) is 4. The molecule has 0 spiro atoms. The number of sulfonamides is 1. The van der Waals surface area contributed by atoms with Crippen LogP contribution in [0, 0.1) is 6.92 Å². The number of halogens is 1. The van der Waals surface area contributed by atoms with Gasteiger partial charge in [-0.3, -0.25) is 4.79 Å². The average Bonchev–Trinajstić information content (AvgIpc) is 2.48. The summed E-state index contributed by atoms with van der Waals surface area (Å²) in [6.45, 7) is 1.78. The van der Waals surface area contributed by atoms with Gasteiger partial charge in [-0.2, -0.15) is 0 Å². The number of aliphatic carboxylic acids is 1. The molecule has 10 heteroatoms. The lowest BCUT2D eigenvalue weighted by atomic mass is 10.2.